The van der Waals surface area contributed by atoms with Gasteiger partial charge in [-0.05, 0) is 44.4 Å². The number of nitrogens with zero attached hydrogens (tertiary/aromatic N) is 3. The molecule has 1 fully saturated rings. The highest BCUT2D eigenvalue weighted by Gasteiger charge is 2.13. The van der Waals surface area contributed by atoms with Crippen LogP contribution in [-0.4, -0.2) is 36.4 Å². The summed E-state index contributed by atoms with van der Waals surface area (Å²) in [4.78, 5) is 2.21. The lowest BCUT2D eigenvalue weighted by molar-refractivity contribution is 0.384. The van der Waals surface area contributed by atoms with Gasteiger partial charge in [0.05, 0.1) is 5.69 Å². The highest BCUT2D eigenvalue weighted by Crippen LogP contribution is 2.13. The molecule has 4 nitrogen and oxygen atoms in total. The second-order valence-corrected chi connectivity index (χ2v) is 5.49. The van der Waals surface area contributed by atoms with Gasteiger partial charge in [0, 0.05) is 19.6 Å². The lowest BCUT2D eigenvalue weighted by atomic mass is 10.0. The number of rotatable bonds is 6. The van der Waals surface area contributed by atoms with Crippen LogP contribution in [0.2, 0.25) is 0 Å². The Morgan fingerprint density at radius 2 is 2.21 bits per heavy atom. The Morgan fingerprint density at radius 3 is 2.84 bits per heavy atom. The van der Waals surface area contributed by atoms with E-state index >= 15 is 0 Å². The topological polar surface area (TPSA) is 41.0 Å². The molecule has 0 aromatic carbocycles. The molecule has 1 aromatic rings. The molecule has 4 heteroatoms. The van der Waals surface area contributed by atoms with E-state index in [2.05, 4.69) is 46.5 Å². The van der Waals surface area contributed by atoms with Crippen molar-refractivity contribution in [3.05, 3.63) is 17.8 Å². The molecule has 1 aliphatic rings. The van der Waals surface area contributed by atoms with Crippen molar-refractivity contribution in [1.29, 1.82) is 0 Å². The zero-order valence-corrected chi connectivity index (χ0v) is 12.2. The van der Waals surface area contributed by atoms with E-state index in [1.165, 1.54) is 32.2 Å². The summed E-state index contributed by atoms with van der Waals surface area (Å²) in [5.74, 6) is 0.982. The van der Waals surface area contributed by atoms with E-state index in [4.69, 9.17) is 0 Å². The minimum atomic E-state index is 0.684. The predicted octanol–water partition coefficient (Wildman–Crippen LogP) is 2.40. The third kappa shape index (κ3) is 4.46. The van der Waals surface area contributed by atoms with Crippen molar-refractivity contribution in [2.75, 3.05) is 25.0 Å². The Balaban J connectivity index is 1.79. The van der Waals surface area contributed by atoms with E-state index in [-0.39, 0.29) is 0 Å². The van der Waals surface area contributed by atoms with Gasteiger partial charge in [0.25, 0.3) is 0 Å². The van der Waals surface area contributed by atoms with Crippen molar-refractivity contribution >= 4 is 5.82 Å². The SMILES string of the molecule is CCCc1ccc(N(C)CCC2CCCCN2)nn1. The van der Waals surface area contributed by atoms with Crippen LogP contribution in [0.4, 0.5) is 5.82 Å². The first-order valence-corrected chi connectivity index (χ1v) is 7.56. The van der Waals surface area contributed by atoms with Gasteiger partial charge in [-0.2, -0.15) is 5.10 Å². The summed E-state index contributed by atoms with van der Waals surface area (Å²) in [6, 6.07) is 4.87. The molecule has 0 spiro atoms. The smallest absolute Gasteiger partial charge is 0.150 e. The molecule has 1 atom stereocenters. The maximum atomic E-state index is 4.32. The summed E-state index contributed by atoms with van der Waals surface area (Å²) >= 11 is 0. The zero-order chi connectivity index (χ0) is 13.5. The van der Waals surface area contributed by atoms with Crippen LogP contribution in [0.1, 0.15) is 44.7 Å². The minimum Gasteiger partial charge on any atom is -0.358 e. The number of anilines is 1. The molecule has 0 amide bonds. The normalized spacial score (nSPS) is 19.4. The van der Waals surface area contributed by atoms with Gasteiger partial charge in [-0.1, -0.05) is 19.8 Å². The van der Waals surface area contributed by atoms with Gasteiger partial charge in [0.1, 0.15) is 0 Å². The first kappa shape index (κ1) is 14.3. The quantitative estimate of drug-likeness (QED) is 0.854. The molecule has 1 N–H and O–H groups in total. The molecule has 0 bridgehead atoms. The zero-order valence-electron chi connectivity index (χ0n) is 12.2. The molecule has 0 aliphatic carbocycles. The monoisotopic (exact) mass is 262 g/mol. The van der Waals surface area contributed by atoms with E-state index < -0.39 is 0 Å². The Kier molecular flexibility index (Phi) is 5.58. The lowest BCUT2D eigenvalue weighted by Gasteiger charge is -2.26. The van der Waals surface area contributed by atoms with E-state index in [1.54, 1.807) is 0 Å². The van der Waals surface area contributed by atoms with E-state index in [9.17, 15) is 0 Å². The van der Waals surface area contributed by atoms with Crippen LogP contribution in [-0.2, 0) is 6.42 Å². The average Bonchev–Trinajstić information content (AvgIpc) is 2.47. The third-order valence-electron chi connectivity index (χ3n) is 3.83. The molecule has 1 unspecified atom stereocenters. The second-order valence-electron chi connectivity index (χ2n) is 5.49. The first-order valence-electron chi connectivity index (χ1n) is 7.56. The van der Waals surface area contributed by atoms with Gasteiger partial charge >= 0.3 is 0 Å². The fourth-order valence-electron chi connectivity index (χ4n) is 2.58. The van der Waals surface area contributed by atoms with Crippen molar-refractivity contribution in [1.82, 2.24) is 15.5 Å². The van der Waals surface area contributed by atoms with E-state index in [0.29, 0.717) is 6.04 Å². The van der Waals surface area contributed by atoms with Crippen LogP contribution in [0, 0.1) is 0 Å². The lowest BCUT2D eigenvalue weighted by Crippen LogP contribution is -2.36. The Bertz CT molecular complexity index is 357. The standard InChI is InChI=1S/C15H26N4/c1-3-6-14-8-9-15(18-17-14)19(2)12-10-13-7-4-5-11-16-13/h8-9,13,16H,3-7,10-12H2,1-2H3. The van der Waals surface area contributed by atoms with Crippen molar-refractivity contribution in [3.8, 4) is 0 Å². The van der Waals surface area contributed by atoms with Crippen LogP contribution < -0.4 is 10.2 Å². The molecule has 1 saturated heterocycles. The Hall–Kier alpha value is -1.16. The summed E-state index contributed by atoms with van der Waals surface area (Å²) in [6.07, 6.45) is 7.34. The van der Waals surface area contributed by atoms with Gasteiger partial charge in [-0.3, -0.25) is 0 Å². The summed E-state index contributed by atoms with van der Waals surface area (Å²) in [5.41, 5.74) is 1.09. The Labute approximate surface area is 116 Å². The van der Waals surface area contributed by atoms with Gasteiger partial charge in [0.2, 0.25) is 0 Å². The number of aryl methyl sites for hydroxylation is 1. The number of piperidine rings is 1. The van der Waals surface area contributed by atoms with Crippen molar-refractivity contribution in [2.45, 2.75) is 51.5 Å². The van der Waals surface area contributed by atoms with Crippen LogP contribution in [0.3, 0.4) is 0 Å². The van der Waals surface area contributed by atoms with Crippen molar-refractivity contribution < 1.29 is 0 Å². The fourth-order valence-corrected chi connectivity index (χ4v) is 2.58. The van der Waals surface area contributed by atoms with Gasteiger partial charge < -0.3 is 10.2 Å². The molecular formula is C15H26N4. The van der Waals surface area contributed by atoms with Crippen LogP contribution in [0.5, 0.6) is 0 Å². The van der Waals surface area contributed by atoms with Gasteiger partial charge in [-0.15, -0.1) is 5.10 Å². The van der Waals surface area contributed by atoms with E-state index in [0.717, 1.165) is 30.9 Å². The molecule has 1 aliphatic heterocycles. The molecule has 19 heavy (non-hydrogen) atoms. The van der Waals surface area contributed by atoms with Crippen molar-refractivity contribution in [2.24, 2.45) is 0 Å². The molecule has 2 rings (SSSR count). The van der Waals surface area contributed by atoms with Gasteiger partial charge in [-0.25, -0.2) is 0 Å². The predicted molar refractivity (Wildman–Crippen MR) is 79.6 cm³/mol. The maximum absolute atomic E-state index is 4.32. The van der Waals surface area contributed by atoms with Crippen LogP contribution >= 0.6 is 0 Å². The Morgan fingerprint density at radius 1 is 1.32 bits per heavy atom. The summed E-state index contributed by atoms with van der Waals surface area (Å²) in [5, 5.41) is 12.2. The largest absolute Gasteiger partial charge is 0.358 e. The summed E-state index contributed by atoms with van der Waals surface area (Å²) < 4.78 is 0. The first-order chi connectivity index (χ1) is 9.29. The molecule has 2 heterocycles. The average molecular weight is 262 g/mol. The molecule has 106 valence electrons. The molecule has 0 saturated carbocycles. The number of hydrogen-bond donors (Lipinski definition) is 1. The fraction of sp³-hybridized carbons (Fsp3) is 0.733. The molecule has 0 radical (unpaired) electrons. The minimum absolute atomic E-state index is 0.684. The molecule has 1 aromatic heterocycles. The van der Waals surface area contributed by atoms with Crippen molar-refractivity contribution in [3.63, 3.8) is 0 Å². The summed E-state index contributed by atoms with van der Waals surface area (Å²) in [6.45, 7) is 4.39. The number of aromatic nitrogens is 2. The van der Waals surface area contributed by atoms with Crippen LogP contribution in [0.25, 0.3) is 0 Å². The van der Waals surface area contributed by atoms with Gasteiger partial charge in [0.15, 0.2) is 5.82 Å². The number of nitrogens with one attached hydrogen (secondary N) is 1. The van der Waals surface area contributed by atoms with E-state index in [1.807, 2.05) is 0 Å². The third-order valence-corrected chi connectivity index (χ3v) is 3.83. The summed E-state index contributed by atoms with van der Waals surface area (Å²) in [7, 11) is 2.10. The molecular weight excluding hydrogens is 236 g/mol. The second kappa shape index (κ2) is 7.43. The highest BCUT2D eigenvalue weighted by atomic mass is 15.2. The highest BCUT2D eigenvalue weighted by molar-refractivity contribution is 5.35. The van der Waals surface area contributed by atoms with Crippen LogP contribution in [0.15, 0.2) is 12.1 Å². The number of hydrogen-bond acceptors (Lipinski definition) is 4. The maximum Gasteiger partial charge on any atom is 0.150 e.